The first-order chi connectivity index (χ1) is 12.5. The van der Waals surface area contributed by atoms with Gasteiger partial charge >= 0.3 is 5.97 Å². The molecule has 1 heterocycles. The summed E-state index contributed by atoms with van der Waals surface area (Å²) in [5.41, 5.74) is 2.41. The van der Waals surface area contributed by atoms with Gasteiger partial charge in [-0.3, -0.25) is 4.79 Å². The van der Waals surface area contributed by atoms with Crippen molar-refractivity contribution in [1.82, 2.24) is 4.57 Å². The Bertz CT molecular complexity index is 1120. The predicted octanol–water partition coefficient (Wildman–Crippen LogP) is 3.17. The third kappa shape index (κ3) is 3.30. The molecule has 6 heteroatoms. The molecule has 1 amide bonds. The van der Waals surface area contributed by atoms with Gasteiger partial charge in [0.25, 0.3) is 5.91 Å². The van der Waals surface area contributed by atoms with Crippen molar-refractivity contribution in [3.63, 3.8) is 0 Å². The summed E-state index contributed by atoms with van der Waals surface area (Å²) < 4.78 is 7.55. The van der Waals surface area contributed by atoms with Crippen LogP contribution in [0.1, 0.15) is 26.3 Å². The number of thiazole rings is 1. The van der Waals surface area contributed by atoms with Gasteiger partial charge in [0.05, 0.1) is 35.0 Å². The summed E-state index contributed by atoms with van der Waals surface area (Å²) >= 11 is 1.38. The van der Waals surface area contributed by atoms with E-state index in [0.29, 0.717) is 11.3 Å². The molecule has 130 valence electrons. The predicted molar refractivity (Wildman–Crippen MR) is 101 cm³/mol. The van der Waals surface area contributed by atoms with E-state index in [1.54, 1.807) is 24.3 Å². The Labute approximate surface area is 154 Å². The summed E-state index contributed by atoms with van der Waals surface area (Å²) in [4.78, 5) is 29.3. The summed E-state index contributed by atoms with van der Waals surface area (Å²) in [5.74, 6) is 1.50. The standard InChI is InChI=1S/C20H16N2O3S/c1-4-11-22-16-10-9-13(2)12-17(16)26-20(22)21-18(23)14-7-5-6-8-15(14)19(24)25-3/h1,5-10,12H,11H2,2-3H3. The van der Waals surface area contributed by atoms with Gasteiger partial charge in [0.2, 0.25) is 0 Å². The Morgan fingerprint density at radius 3 is 2.65 bits per heavy atom. The van der Waals surface area contributed by atoms with E-state index in [0.717, 1.165) is 15.8 Å². The number of ether oxygens (including phenoxy) is 1. The van der Waals surface area contributed by atoms with Crippen LogP contribution in [0.25, 0.3) is 10.2 Å². The molecule has 1 aromatic heterocycles. The molecule has 0 saturated heterocycles. The van der Waals surface area contributed by atoms with Gasteiger partial charge in [0, 0.05) is 0 Å². The van der Waals surface area contributed by atoms with E-state index < -0.39 is 11.9 Å². The van der Waals surface area contributed by atoms with Gasteiger partial charge < -0.3 is 9.30 Å². The average molecular weight is 364 g/mol. The molecule has 0 radical (unpaired) electrons. The first-order valence-corrected chi connectivity index (χ1v) is 8.66. The molecule has 0 spiro atoms. The largest absolute Gasteiger partial charge is 0.465 e. The number of aromatic nitrogens is 1. The Morgan fingerprint density at radius 1 is 1.23 bits per heavy atom. The second kappa shape index (κ2) is 7.38. The highest BCUT2D eigenvalue weighted by molar-refractivity contribution is 7.16. The number of methoxy groups -OCH3 is 1. The lowest BCUT2D eigenvalue weighted by molar-refractivity contribution is 0.0597. The second-order valence-electron chi connectivity index (χ2n) is 5.60. The number of rotatable bonds is 3. The molecule has 26 heavy (non-hydrogen) atoms. The van der Waals surface area contributed by atoms with Gasteiger partial charge in [-0.25, -0.2) is 4.79 Å². The van der Waals surface area contributed by atoms with Gasteiger partial charge in [-0.2, -0.15) is 4.99 Å². The molecule has 3 rings (SSSR count). The first-order valence-electron chi connectivity index (χ1n) is 7.85. The third-order valence-electron chi connectivity index (χ3n) is 3.85. The first kappa shape index (κ1) is 17.6. The van der Waals surface area contributed by atoms with E-state index in [4.69, 9.17) is 11.2 Å². The molecule has 0 fully saturated rings. The normalized spacial score (nSPS) is 11.3. The van der Waals surface area contributed by atoms with Gasteiger partial charge in [-0.05, 0) is 36.8 Å². The SMILES string of the molecule is C#CCn1c(=NC(=O)c2ccccc2C(=O)OC)sc2cc(C)ccc21. The zero-order chi connectivity index (χ0) is 18.7. The van der Waals surface area contributed by atoms with Crippen molar-refractivity contribution >= 4 is 33.4 Å². The van der Waals surface area contributed by atoms with Crippen LogP contribution < -0.4 is 4.80 Å². The van der Waals surface area contributed by atoms with Gasteiger partial charge in [0.15, 0.2) is 4.80 Å². The number of hydrogen-bond donors (Lipinski definition) is 0. The lowest BCUT2D eigenvalue weighted by Crippen LogP contribution is -2.17. The number of carbonyl (C=O) groups is 2. The van der Waals surface area contributed by atoms with Gasteiger partial charge in [-0.15, -0.1) is 6.42 Å². The van der Waals surface area contributed by atoms with Crippen molar-refractivity contribution in [2.24, 2.45) is 4.99 Å². The van der Waals surface area contributed by atoms with Crippen molar-refractivity contribution in [1.29, 1.82) is 0 Å². The van der Waals surface area contributed by atoms with Crippen LogP contribution in [0.4, 0.5) is 0 Å². The monoisotopic (exact) mass is 364 g/mol. The molecule has 0 aliphatic carbocycles. The van der Waals surface area contributed by atoms with E-state index in [1.807, 2.05) is 29.7 Å². The van der Waals surface area contributed by atoms with E-state index in [1.165, 1.54) is 18.4 Å². The maximum Gasteiger partial charge on any atom is 0.338 e. The highest BCUT2D eigenvalue weighted by Gasteiger charge is 2.17. The van der Waals surface area contributed by atoms with Crippen molar-refractivity contribution < 1.29 is 14.3 Å². The molecule has 0 atom stereocenters. The Morgan fingerprint density at radius 2 is 1.96 bits per heavy atom. The van der Waals surface area contributed by atoms with Crippen LogP contribution in [-0.4, -0.2) is 23.6 Å². The maximum atomic E-state index is 12.7. The number of nitrogens with zero attached hydrogens (tertiary/aromatic N) is 2. The quantitative estimate of drug-likeness (QED) is 0.530. The summed E-state index contributed by atoms with van der Waals surface area (Å²) in [7, 11) is 1.27. The number of hydrogen-bond acceptors (Lipinski definition) is 4. The van der Waals surface area contributed by atoms with Crippen LogP contribution in [0, 0.1) is 19.3 Å². The fourth-order valence-corrected chi connectivity index (χ4v) is 3.74. The molecule has 0 aliphatic heterocycles. The van der Waals surface area contributed by atoms with Crippen LogP contribution >= 0.6 is 11.3 Å². The molecule has 5 nitrogen and oxygen atoms in total. The molecule has 0 bridgehead atoms. The number of fused-ring (bicyclic) bond motifs is 1. The minimum Gasteiger partial charge on any atom is -0.465 e. The average Bonchev–Trinajstić information content (AvgIpc) is 2.97. The number of terminal acetylenes is 1. The van der Waals surface area contributed by atoms with Crippen LogP contribution in [0.3, 0.4) is 0 Å². The summed E-state index contributed by atoms with van der Waals surface area (Å²) in [6.45, 7) is 2.30. The van der Waals surface area contributed by atoms with E-state index in [2.05, 4.69) is 10.9 Å². The summed E-state index contributed by atoms with van der Waals surface area (Å²) in [5, 5.41) is 0. The van der Waals surface area contributed by atoms with Crippen LogP contribution in [-0.2, 0) is 11.3 Å². The number of benzene rings is 2. The fourth-order valence-electron chi connectivity index (χ4n) is 2.61. The van der Waals surface area contributed by atoms with Crippen molar-refractivity contribution in [3.05, 3.63) is 64.0 Å². The van der Waals surface area contributed by atoms with Crippen molar-refractivity contribution in [3.8, 4) is 12.3 Å². The number of amides is 1. The molecule has 2 aromatic carbocycles. The molecule has 0 saturated carbocycles. The topological polar surface area (TPSA) is 60.7 Å². The van der Waals surface area contributed by atoms with Gasteiger partial charge in [0.1, 0.15) is 0 Å². The number of esters is 1. The lowest BCUT2D eigenvalue weighted by Gasteiger charge is -2.04. The van der Waals surface area contributed by atoms with Crippen LogP contribution in [0.2, 0.25) is 0 Å². The Hall–Kier alpha value is -3.17. The summed E-state index contributed by atoms with van der Waals surface area (Å²) in [6, 6.07) is 12.4. The molecular formula is C20H16N2O3S. The number of aryl methyl sites for hydroxylation is 1. The molecule has 0 aliphatic rings. The Kier molecular flexibility index (Phi) is 5.01. The fraction of sp³-hybridized carbons (Fsp3) is 0.150. The van der Waals surface area contributed by atoms with Crippen molar-refractivity contribution in [2.75, 3.05) is 7.11 Å². The molecule has 0 unspecified atom stereocenters. The molecule has 0 N–H and O–H groups in total. The smallest absolute Gasteiger partial charge is 0.338 e. The van der Waals surface area contributed by atoms with E-state index >= 15 is 0 Å². The molecular weight excluding hydrogens is 348 g/mol. The Balaban J connectivity index is 2.17. The minimum absolute atomic E-state index is 0.184. The molecule has 3 aromatic rings. The highest BCUT2D eigenvalue weighted by Crippen LogP contribution is 2.19. The zero-order valence-corrected chi connectivity index (χ0v) is 15.2. The van der Waals surface area contributed by atoms with Crippen molar-refractivity contribution in [2.45, 2.75) is 13.5 Å². The van der Waals surface area contributed by atoms with Gasteiger partial charge in [-0.1, -0.05) is 35.5 Å². The second-order valence-corrected chi connectivity index (χ2v) is 6.61. The number of carbonyl (C=O) groups excluding carboxylic acids is 2. The van der Waals surface area contributed by atoms with Crippen LogP contribution in [0.15, 0.2) is 47.5 Å². The highest BCUT2D eigenvalue weighted by atomic mass is 32.1. The lowest BCUT2D eigenvalue weighted by atomic mass is 10.1. The minimum atomic E-state index is -0.576. The maximum absolute atomic E-state index is 12.7. The van der Waals surface area contributed by atoms with E-state index in [-0.39, 0.29) is 11.1 Å². The summed E-state index contributed by atoms with van der Waals surface area (Å²) in [6.07, 6.45) is 5.48. The zero-order valence-electron chi connectivity index (χ0n) is 14.4. The third-order valence-corrected chi connectivity index (χ3v) is 4.89. The van der Waals surface area contributed by atoms with E-state index in [9.17, 15) is 9.59 Å². The van der Waals surface area contributed by atoms with Crippen LogP contribution in [0.5, 0.6) is 0 Å².